The van der Waals surface area contributed by atoms with E-state index in [-0.39, 0.29) is 24.8 Å². The van der Waals surface area contributed by atoms with E-state index in [0.717, 1.165) is 18.1 Å². The molecule has 2 nitrogen and oxygen atoms in total. The molecule has 90 valence electrons. The first kappa shape index (κ1) is 13.6. The van der Waals surface area contributed by atoms with Gasteiger partial charge in [-0.05, 0) is 38.5 Å². The van der Waals surface area contributed by atoms with E-state index in [1.165, 1.54) is 44.9 Å². The number of rotatable bonds is 1. The van der Waals surface area contributed by atoms with Crippen LogP contribution in [0.4, 0.5) is 0 Å². The molecule has 2 saturated heterocycles. The zero-order chi connectivity index (χ0) is 8.84. The molecule has 0 aromatic rings. The highest BCUT2D eigenvalue weighted by atomic mass is 35.5. The van der Waals surface area contributed by atoms with Crippen molar-refractivity contribution in [3.8, 4) is 0 Å². The largest absolute Gasteiger partial charge is 0.328 e. The molecule has 1 aliphatic carbocycles. The molecule has 0 spiro atoms. The van der Waals surface area contributed by atoms with Gasteiger partial charge in [0.05, 0.1) is 0 Å². The standard InChI is InChI=1S/C11H20N2.2ClH/c12-8-6-10-2-1-3-11(7-8)13(10)9-4-5-9;;/h8-11H,1-7,12H2;2*1H/t8?,10-,11+;;. The van der Waals surface area contributed by atoms with Crippen LogP contribution in [0.5, 0.6) is 0 Å². The number of fused-ring (bicyclic) bond motifs is 2. The molecule has 15 heavy (non-hydrogen) atoms. The monoisotopic (exact) mass is 252 g/mol. The Bertz CT molecular complexity index is 195. The van der Waals surface area contributed by atoms with Gasteiger partial charge in [-0.2, -0.15) is 0 Å². The first-order valence-electron chi connectivity index (χ1n) is 5.87. The Labute approximate surface area is 105 Å². The van der Waals surface area contributed by atoms with Crippen LogP contribution in [-0.2, 0) is 0 Å². The van der Waals surface area contributed by atoms with Gasteiger partial charge in [0, 0.05) is 24.2 Å². The van der Waals surface area contributed by atoms with Crippen LogP contribution in [-0.4, -0.2) is 29.1 Å². The maximum Gasteiger partial charge on any atom is 0.0116 e. The fourth-order valence-electron chi connectivity index (χ4n) is 3.43. The molecular weight excluding hydrogens is 231 g/mol. The van der Waals surface area contributed by atoms with Crippen LogP contribution in [0.15, 0.2) is 0 Å². The summed E-state index contributed by atoms with van der Waals surface area (Å²) in [7, 11) is 0. The average molecular weight is 253 g/mol. The summed E-state index contributed by atoms with van der Waals surface area (Å²) >= 11 is 0. The second-order valence-corrected chi connectivity index (χ2v) is 5.15. The van der Waals surface area contributed by atoms with Gasteiger partial charge in [-0.1, -0.05) is 6.42 Å². The van der Waals surface area contributed by atoms with Crippen LogP contribution in [0.3, 0.4) is 0 Å². The molecule has 2 heterocycles. The highest BCUT2D eigenvalue weighted by Gasteiger charge is 2.43. The molecule has 3 atom stereocenters. The maximum atomic E-state index is 6.08. The van der Waals surface area contributed by atoms with E-state index in [4.69, 9.17) is 5.73 Å². The number of nitrogens with two attached hydrogens (primary N) is 1. The van der Waals surface area contributed by atoms with Crippen LogP contribution in [0, 0.1) is 0 Å². The highest BCUT2D eigenvalue weighted by molar-refractivity contribution is 5.85. The molecule has 2 aliphatic heterocycles. The lowest BCUT2D eigenvalue weighted by atomic mass is 9.82. The summed E-state index contributed by atoms with van der Waals surface area (Å²) in [6, 6.07) is 3.18. The minimum Gasteiger partial charge on any atom is -0.328 e. The topological polar surface area (TPSA) is 29.3 Å². The van der Waals surface area contributed by atoms with E-state index in [9.17, 15) is 0 Å². The molecule has 2 N–H and O–H groups in total. The van der Waals surface area contributed by atoms with Crippen molar-refractivity contribution in [2.45, 2.75) is 69.1 Å². The summed E-state index contributed by atoms with van der Waals surface area (Å²) in [6.07, 6.45) is 9.75. The maximum absolute atomic E-state index is 6.08. The number of hydrogen-bond acceptors (Lipinski definition) is 2. The molecule has 1 unspecified atom stereocenters. The molecule has 0 radical (unpaired) electrons. The second kappa shape index (κ2) is 5.22. The predicted molar refractivity (Wildman–Crippen MR) is 68.0 cm³/mol. The smallest absolute Gasteiger partial charge is 0.0116 e. The highest BCUT2D eigenvalue weighted by Crippen LogP contribution is 2.41. The van der Waals surface area contributed by atoms with Gasteiger partial charge in [-0.15, -0.1) is 24.8 Å². The number of hydrogen-bond donors (Lipinski definition) is 1. The molecule has 2 bridgehead atoms. The van der Waals surface area contributed by atoms with Crippen LogP contribution in [0.1, 0.15) is 44.9 Å². The molecule has 4 heteroatoms. The molecule has 3 fully saturated rings. The van der Waals surface area contributed by atoms with Gasteiger partial charge in [0.1, 0.15) is 0 Å². The Balaban J connectivity index is 0.000000562. The molecule has 0 aromatic heterocycles. The fourth-order valence-corrected chi connectivity index (χ4v) is 3.43. The normalized spacial score (nSPS) is 40.2. The second-order valence-electron chi connectivity index (χ2n) is 5.15. The average Bonchev–Trinajstić information content (AvgIpc) is 2.85. The zero-order valence-electron chi connectivity index (χ0n) is 9.10. The SMILES string of the molecule is Cl.Cl.NC1C[C@H]2CCC[C@@H](C1)N2C1CC1. The van der Waals surface area contributed by atoms with E-state index in [1.807, 2.05) is 0 Å². The summed E-state index contributed by atoms with van der Waals surface area (Å²) in [4.78, 5) is 2.83. The zero-order valence-corrected chi connectivity index (χ0v) is 10.7. The van der Waals surface area contributed by atoms with Gasteiger partial charge >= 0.3 is 0 Å². The summed E-state index contributed by atoms with van der Waals surface area (Å²) < 4.78 is 0. The van der Waals surface area contributed by atoms with Crippen molar-refractivity contribution in [3.05, 3.63) is 0 Å². The Morgan fingerprint density at radius 3 is 1.80 bits per heavy atom. The quantitative estimate of drug-likeness (QED) is 0.777. The summed E-state index contributed by atoms with van der Waals surface area (Å²) in [5.41, 5.74) is 6.08. The van der Waals surface area contributed by atoms with E-state index < -0.39 is 0 Å². The predicted octanol–water partition coefficient (Wildman–Crippen LogP) is 2.34. The van der Waals surface area contributed by atoms with Crippen molar-refractivity contribution in [2.75, 3.05) is 0 Å². The molecular formula is C11H22Cl2N2. The number of nitrogens with zero attached hydrogens (tertiary/aromatic N) is 1. The first-order valence-corrected chi connectivity index (χ1v) is 5.87. The Morgan fingerprint density at radius 2 is 1.33 bits per heavy atom. The van der Waals surface area contributed by atoms with E-state index >= 15 is 0 Å². The van der Waals surface area contributed by atoms with Gasteiger partial charge in [0.25, 0.3) is 0 Å². The lowest BCUT2D eigenvalue weighted by Gasteiger charge is -2.48. The first-order chi connectivity index (χ1) is 6.34. The fraction of sp³-hybridized carbons (Fsp3) is 1.00. The van der Waals surface area contributed by atoms with Crippen molar-refractivity contribution >= 4 is 24.8 Å². The molecule has 0 amide bonds. The van der Waals surface area contributed by atoms with Crippen molar-refractivity contribution < 1.29 is 0 Å². The molecule has 0 aromatic carbocycles. The van der Waals surface area contributed by atoms with E-state index in [1.54, 1.807) is 0 Å². The third-order valence-corrected chi connectivity index (χ3v) is 4.04. The minimum atomic E-state index is 0. The summed E-state index contributed by atoms with van der Waals surface area (Å²) in [6.45, 7) is 0. The van der Waals surface area contributed by atoms with Crippen molar-refractivity contribution in [1.29, 1.82) is 0 Å². The van der Waals surface area contributed by atoms with Crippen molar-refractivity contribution in [2.24, 2.45) is 5.73 Å². The van der Waals surface area contributed by atoms with Gasteiger partial charge < -0.3 is 5.73 Å². The van der Waals surface area contributed by atoms with Crippen molar-refractivity contribution in [3.63, 3.8) is 0 Å². The van der Waals surface area contributed by atoms with Crippen LogP contribution in [0.2, 0.25) is 0 Å². The Morgan fingerprint density at radius 1 is 0.800 bits per heavy atom. The molecule has 1 saturated carbocycles. The summed E-state index contributed by atoms with van der Waals surface area (Å²) in [5.74, 6) is 0. The van der Waals surface area contributed by atoms with Crippen LogP contribution >= 0.6 is 24.8 Å². The van der Waals surface area contributed by atoms with Gasteiger partial charge in [0.2, 0.25) is 0 Å². The lowest BCUT2D eigenvalue weighted by molar-refractivity contribution is 0.0242. The van der Waals surface area contributed by atoms with Crippen LogP contribution in [0.25, 0.3) is 0 Å². The molecule has 3 aliphatic rings. The number of halogens is 2. The Hall–Kier alpha value is 0.500. The van der Waals surface area contributed by atoms with Crippen LogP contribution < -0.4 is 5.73 Å². The molecule has 3 rings (SSSR count). The van der Waals surface area contributed by atoms with Gasteiger partial charge in [0.15, 0.2) is 0 Å². The Kier molecular flexibility index (Phi) is 4.72. The van der Waals surface area contributed by atoms with Crippen molar-refractivity contribution in [1.82, 2.24) is 4.90 Å². The third kappa shape index (κ3) is 2.60. The summed E-state index contributed by atoms with van der Waals surface area (Å²) in [5, 5.41) is 0. The number of piperidine rings is 2. The van der Waals surface area contributed by atoms with E-state index in [2.05, 4.69) is 4.90 Å². The lowest BCUT2D eigenvalue weighted by Crippen LogP contribution is -2.56. The minimum absolute atomic E-state index is 0. The van der Waals surface area contributed by atoms with Gasteiger partial charge in [-0.25, -0.2) is 0 Å². The van der Waals surface area contributed by atoms with E-state index in [0.29, 0.717) is 6.04 Å². The van der Waals surface area contributed by atoms with Gasteiger partial charge in [-0.3, -0.25) is 4.90 Å². The third-order valence-electron chi connectivity index (χ3n) is 4.04.